The van der Waals surface area contributed by atoms with E-state index >= 15 is 0 Å². The van der Waals surface area contributed by atoms with Crippen molar-refractivity contribution in [2.75, 3.05) is 26.3 Å². The summed E-state index contributed by atoms with van der Waals surface area (Å²) in [7, 11) is 0. The lowest BCUT2D eigenvalue weighted by atomic mass is 10.0. The van der Waals surface area contributed by atoms with Crippen molar-refractivity contribution in [3.05, 3.63) is 0 Å². The lowest BCUT2D eigenvalue weighted by Gasteiger charge is -2.27. The number of ether oxygens (including phenoxy) is 1. The minimum atomic E-state index is -0.457. The average Bonchev–Trinajstić information content (AvgIpc) is 2.56. The van der Waals surface area contributed by atoms with Gasteiger partial charge in [0.25, 0.3) is 0 Å². The summed E-state index contributed by atoms with van der Waals surface area (Å²) in [4.78, 5) is 2.17. The van der Waals surface area contributed by atoms with Crippen LogP contribution in [0.15, 0.2) is 0 Å². The first kappa shape index (κ1) is 13.9. The highest BCUT2D eigenvalue weighted by Crippen LogP contribution is 2.23. The zero-order valence-electron chi connectivity index (χ0n) is 10.6. The van der Waals surface area contributed by atoms with Crippen LogP contribution in [-0.4, -0.2) is 59.7 Å². The van der Waals surface area contributed by atoms with Gasteiger partial charge in [0.15, 0.2) is 0 Å². The Morgan fingerprint density at radius 3 is 2.69 bits per heavy atom. The SMILES string of the molecule is CC(C)OCC(O)CN1CCC(C)C1CO. The van der Waals surface area contributed by atoms with E-state index in [1.807, 2.05) is 13.8 Å². The van der Waals surface area contributed by atoms with Crippen LogP contribution in [-0.2, 0) is 4.74 Å². The molecule has 0 radical (unpaired) electrons. The van der Waals surface area contributed by atoms with Gasteiger partial charge in [-0.25, -0.2) is 0 Å². The summed E-state index contributed by atoms with van der Waals surface area (Å²) in [6, 6.07) is 0.202. The van der Waals surface area contributed by atoms with Crippen molar-refractivity contribution < 1.29 is 14.9 Å². The van der Waals surface area contributed by atoms with Crippen LogP contribution in [0.4, 0.5) is 0 Å². The molecule has 1 aliphatic rings. The second-order valence-corrected chi connectivity index (χ2v) is 5.05. The van der Waals surface area contributed by atoms with Gasteiger partial charge in [0.05, 0.1) is 25.4 Å². The highest BCUT2D eigenvalue weighted by Gasteiger charge is 2.31. The van der Waals surface area contributed by atoms with E-state index in [1.54, 1.807) is 0 Å². The fourth-order valence-electron chi connectivity index (χ4n) is 2.24. The summed E-state index contributed by atoms with van der Waals surface area (Å²) in [5.74, 6) is 0.517. The van der Waals surface area contributed by atoms with E-state index in [0.717, 1.165) is 13.0 Å². The van der Waals surface area contributed by atoms with Gasteiger partial charge in [-0.3, -0.25) is 4.90 Å². The van der Waals surface area contributed by atoms with Gasteiger partial charge in [0.1, 0.15) is 0 Å². The predicted molar refractivity (Wildman–Crippen MR) is 63.3 cm³/mol. The van der Waals surface area contributed by atoms with Gasteiger partial charge in [0.2, 0.25) is 0 Å². The molecule has 0 aromatic carbocycles. The molecule has 4 heteroatoms. The van der Waals surface area contributed by atoms with E-state index in [0.29, 0.717) is 19.1 Å². The zero-order valence-corrected chi connectivity index (χ0v) is 10.6. The van der Waals surface area contributed by atoms with Crippen LogP contribution in [0.2, 0.25) is 0 Å². The number of β-amino-alcohol motifs (C(OH)–C–C–N with tert-alkyl or cyclic N) is 1. The standard InChI is InChI=1S/C12H25NO3/c1-9(2)16-8-11(15)6-13-5-4-10(3)12(13)7-14/h9-12,14-15H,4-8H2,1-3H3. The second kappa shape index (κ2) is 6.55. The Hall–Kier alpha value is -0.160. The molecule has 0 saturated carbocycles. The molecule has 4 nitrogen and oxygen atoms in total. The molecule has 2 N–H and O–H groups in total. The molecule has 1 fully saturated rings. The highest BCUT2D eigenvalue weighted by atomic mass is 16.5. The summed E-state index contributed by atoms with van der Waals surface area (Å²) in [6.45, 7) is 8.19. The number of likely N-dealkylation sites (tertiary alicyclic amines) is 1. The zero-order chi connectivity index (χ0) is 12.1. The van der Waals surface area contributed by atoms with E-state index < -0.39 is 6.10 Å². The Kier molecular flexibility index (Phi) is 5.69. The molecule has 1 saturated heterocycles. The minimum Gasteiger partial charge on any atom is -0.395 e. The normalized spacial score (nSPS) is 28.9. The molecular formula is C12H25NO3. The summed E-state index contributed by atoms with van der Waals surface area (Å²) in [5, 5.41) is 19.1. The van der Waals surface area contributed by atoms with Crippen LogP contribution in [0.3, 0.4) is 0 Å². The summed E-state index contributed by atoms with van der Waals surface area (Å²) in [5.41, 5.74) is 0. The van der Waals surface area contributed by atoms with Gasteiger partial charge < -0.3 is 14.9 Å². The molecule has 1 rings (SSSR count). The first-order valence-corrected chi connectivity index (χ1v) is 6.19. The molecule has 0 aromatic rings. The largest absolute Gasteiger partial charge is 0.395 e. The Labute approximate surface area is 98.2 Å². The number of aliphatic hydroxyl groups is 2. The second-order valence-electron chi connectivity index (χ2n) is 5.05. The van der Waals surface area contributed by atoms with E-state index in [4.69, 9.17) is 4.74 Å². The van der Waals surface area contributed by atoms with Crippen molar-refractivity contribution >= 4 is 0 Å². The molecule has 3 atom stereocenters. The highest BCUT2D eigenvalue weighted by molar-refractivity contribution is 4.85. The molecule has 0 aliphatic carbocycles. The molecule has 0 amide bonds. The lowest BCUT2D eigenvalue weighted by molar-refractivity contribution is -0.0141. The van der Waals surface area contributed by atoms with E-state index in [9.17, 15) is 10.2 Å². The third-order valence-corrected chi connectivity index (χ3v) is 3.25. The number of rotatable bonds is 6. The number of nitrogens with zero attached hydrogens (tertiary/aromatic N) is 1. The van der Waals surface area contributed by atoms with Crippen molar-refractivity contribution in [3.8, 4) is 0 Å². The summed E-state index contributed by atoms with van der Waals surface area (Å²) < 4.78 is 5.37. The van der Waals surface area contributed by atoms with Crippen molar-refractivity contribution in [1.82, 2.24) is 4.90 Å². The molecule has 0 spiro atoms. The van der Waals surface area contributed by atoms with Gasteiger partial charge >= 0.3 is 0 Å². The first-order valence-electron chi connectivity index (χ1n) is 6.19. The Morgan fingerprint density at radius 2 is 2.12 bits per heavy atom. The molecule has 0 aromatic heterocycles. The molecule has 3 unspecified atom stereocenters. The van der Waals surface area contributed by atoms with Gasteiger partial charge in [-0.2, -0.15) is 0 Å². The van der Waals surface area contributed by atoms with Crippen LogP contribution in [0, 0.1) is 5.92 Å². The van der Waals surface area contributed by atoms with Crippen LogP contribution in [0.1, 0.15) is 27.2 Å². The van der Waals surface area contributed by atoms with Gasteiger partial charge in [-0.1, -0.05) is 6.92 Å². The van der Waals surface area contributed by atoms with Crippen LogP contribution in [0.25, 0.3) is 0 Å². The number of hydrogen-bond acceptors (Lipinski definition) is 4. The van der Waals surface area contributed by atoms with Crippen molar-refractivity contribution in [1.29, 1.82) is 0 Å². The summed E-state index contributed by atoms with van der Waals surface area (Å²) in [6.07, 6.45) is 0.797. The maximum absolute atomic E-state index is 9.81. The lowest BCUT2D eigenvalue weighted by Crippen LogP contribution is -2.41. The maximum atomic E-state index is 9.81. The van der Waals surface area contributed by atoms with Crippen LogP contribution >= 0.6 is 0 Å². The molecular weight excluding hydrogens is 206 g/mol. The van der Waals surface area contributed by atoms with Gasteiger partial charge in [-0.05, 0) is 32.7 Å². The molecule has 0 bridgehead atoms. The fourth-order valence-corrected chi connectivity index (χ4v) is 2.24. The quantitative estimate of drug-likeness (QED) is 0.698. The van der Waals surface area contributed by atoms with Crippen LogP contribution < -0.4 is 0 Å². The topological polar surface area (TPSA) is 52.9 Å². The van der Waals surface area contributed by atoms with Crippen molar-refractivity contribution in [2.24, 2.45) is 5.92 Å². The molecule has 1 heterocycles. The van der Waals surface area contributed by atoms with E-state index in [-0.39, 0.29) is 18.8 Å². The van der Waals surface area contributed by atoms with Crippen molar-refractivity contribution in [2.45, 2.75) is 45.4 Å². The van der Waals surface area contributed by atoms with Gasteiger partial charge in [-0.15, -0.1) is 0 Å². The Morgan fingerprint density at radius 1 is 1.44 bits per heavy atom. The number of hydrogen-bond donors (Lipinski definition) is 2. The van der Waals surface area contributed by atoms with E-state index in [1.165, 1.54) is 0 Å². The molecule has 1 aliphatic heterocycles. The smallest absolute Gasteiger partial charge is 0.0900 e. The Balaban J connectivity index is 2.30. The number of aliphatic hydroxyl groups excluding tert-OH is 2. The Bertz CT molecular complexity index is 199. The fraction of sp³-hybridized carbons (Fsp3) is 1.00. The van der Waals surface area contributed by atoms with Crippen LogP contribution in [0.5, 0.6) is 0 Å². The molecule has 96 valence electrons. The predicted octanol–water partition coefficient (Wildman–Crippen LogP) is 0.475. The monoisotopic (exact) mass is 231 g/mol. The third kappa shape index (κ3) is 4.01. The van der Waals surface area contributed by atoms with Crippen molar-refractivity contribution in [3.63, 3.8) is 0 Å². The maximum Gasteiger partial charge on any atom is 0.0900 e. The third-order valence-electron chi connectivity index (χ3n) is 3.25. The van der Waals surface area contributed by atoms with Gasteiger partial charge in [0, 0.05) is 12.6 Å². The first-order chi connectivity index (χ1) is 7.54. The average molecular weight is 231 g/mol. The van der Waals surface area contributed by atoms with E-state index in [2.05, 4.69) is 11.8 Å². The summed E-state index contributed by atoms with van der Waals surface area (Å²) >= 11 is 0. The minimum absolute atomic E-state index is 0.154. The molecule has 16 heavy (non-hydrogen) atoms.